The first-order valence-corrected chi connectivity index (χ1v) is 7.95. The molecule has 0 aromatic heterocycles. The summed E-state index contributed by atoms with van der Waals surface area (Å²) in [6.45, 7) is 12.5. The van der Waals surface area contributed by atoms with E-state index in [-0.39, 0.29) is 11.5 Å². The molecule has 1 saturated heterocycles. The average molecular weight is 290 g/mol. The Labute approximate surface area is 115 Å². The highest BCUT2D eigenvalue weighted by atomic mass is 31.2. The van der Waals surface area contributed by atoms with Crippen LogP contribution in [0.4, 0.5) is 0 Å². The van der Waals surface area contributed by atoms with Crippen LogP contribution in [0.2, 0.25) is 0 Å². The van der Waals surface area contributed by atoms with Gasteiger partial charge in [0, 0.05) is 5.41 Å². The highest BCUT2D eigenvalue weighted by molar-refractivity contribution is 7.62. The molecule has 0 aromatic rings. The molecule has 1 heterocycles. The van der Waals surface area contributed by atoms with E-state index in [9.17, 15) is 4.79 Å². The Kier molecular flexibility index (Phi) is 5.81. The average Bonchev–Trinajstić information content (AvgIpc) is 2.33. The van der Waals surface area contributed by atoms with Crippen molar-refractivity contribution in [3.8, 4) is 0 Å². The monoisotopic (exact) mass is 290 g/mol. The third-order valence-corrected chi connectivity index (χ3v) is 4.60. The number of hydrogen-bond acceptors (Lipinski definition) is 5. The third kappa shape index (κ3) is 5.11. The zero-order valence-electron chi connectivity index (χ0n) is 12.0. The predicted molar refractivity (Wildman–Crippen MR) is 76.0 cm³/mol. The van der Waals surface area contributed by atoms with Crippen LogP contribution in [-0.2, 0) is 23.1 Å². The summed E-state index contributed by atoms with van der Waals surface area (Å²) in [5.41, 5.74) is -0.0905. The van der Waals surface area contributed by atoms with Crippen molar-refractivity contribution in [3.63, 3.8) is 0 Å². The van der Waals surface area contributed by atoms with Crippen molar-refractivity contribution in [1.29, 1.82) is 0 Å². The maximum absolute atomic E-state index is 11.6. The summed E-state index contributed by atoms with van der Waals surface area (Å²) >= 11 is 0. The number of carbonyl (C=O) groups is 1. The lowest BCUT2D eigenvalue weighted by Gasteiger charge is -2.38. The Morgan fingerprint density at radius 1 is 1.47 bits per heavy atom. The summed E-state index contributed by atoms with van der Waals surface area (Å²) in [6, 6.07) is 0. The molecule has 1 fully saturated rings. The minimum atomic E-state index is -2.80. The van der Waals surface area contributed by atoms with E-state index < -0.39 is 13.5 Å². The minimum absolute atomic E-state index is 0.0905. The summed E-state index contributed by atoms with van der Waals surface area (Å²) in [5, 5.41) is 0. The molecule has 0 saturated carbocycles. The maximum Gasteiger partial charge on any atom is 0.337 e. The summed E-state index contributed by atoms with van der Waals surface area (Å²) in [6.07, 6.45) is 1.37. The molecule has 110 valence electrons. The predicted octanol–water partition coefficient (Wildman–Crippen LogP) is 2.78. The lowest BCUT2D eigenvalue weighted by Crippen LogP contribution is -2.31. The topological polar surface area (TPSA) is 54.0 Å². The van der Waals surface area contributed by atoms with Crippen LogP contribution in [0, 0.1) is 5.41 Å². The van der Waals surface area contributed by atoms with Gasteiger partial charge in [0.25, 0.3) is 7.57 Å². The molecule has 0 aliphatic carbocycles. The van der Waals surface area contributed by atoms with Crippen molar-refractivity contribution in [2.45, 2.75) is 33.8 Å². The zero-order chi connectivity index (χ0) is 14.5. The second-order valence-electron chi connectivity index (χ2n) is 5.18. The Hall–Kier alpha value is -0.610. The zero-order valence-corrected chi connectivity index (χ0v) is 12.9. The number of rotatable bonds is 5. The summed E-state index contributed by atoms with van der Waals surface area (Å²) in [7, 11) is -2.80. The molecule has 1 aliphatic heterocycles. The number of ether oxygens (including phenoxy) is 1. The lowest BCUT2D eigenvalue weighted by atomic mass is 9.97. The fraction of sp³-hybridized carbons (Fsp3) is 0.692. The normalized spacial score (nSPS) is 22.3. The van der Waals surface area contributed by atoms with Crippen LogP contribution in [0.15, 0.2) is 12.7 Å². The molecule has 0 aromatic carbocycles. The van der Waals surface area contributed by atoms with E-state index in [0.717, 1.165) is 0 Å². The van der Waals surface area contributed by atoms with E-state index in [1.807, 2.05) is 20.8 Å². The second kappa shape index (κ2) is 6.71. The molecular formula is C13H23O5P. The van der Waals surface area contributed by atoms with E-state index in [4.69, 9.17) is 18.3 Å². The Balaban J connectivity index is 2.92. The van der Waals surface area contributed by atoms with Gasteiger partial charge < -0.3 is 18.3 Å². The van der Waals surface area contributed by atoms with Gasteiger partial charge in [0.1, 0.15) is 0 Å². The van der Waals surface area contributed by atoms with Crippen LogP contribution >= 0.6 is 7.57 Å². The van der Waals surface area contributed by atoms with Crippen molar-refractivity contribution in [2.75, 3.05) is 19.8 Å². The van der Waals surface area contributed by atoms with Crippen molar-refractivity contribution in [2.24, 2.45) is 5.41 Å². The van der Waals surface area contributed by atoms with Gasteiger partial charge in [-0.15, -0.1) is 6.58 Å². The van der Waals surface area contributed by atoms with Crippen LogP contribution in [-0.4, -0.2) is 37.7 Å². The van der Waals surface area contributed by atoms with E-state index in [1.54, 1.807) is 13.0 Å². The summed E-state index contributed by atoms with van der Waals surface area (Å²) < 4.78 is 22.1. The fourth-order valence-corrected chi connectivity index (χ4v) is 3.70. The van der Waals surface area contributed by atoms with Gasteiger partial charge in [-0.25, -0.2) is 4.79 Å². The van der Waals surface area contributed by atoms with Crippen LogP contribution in [0.5, 0.6) is 0 Å². The molecule has 0 amide bonds. The molecule has 0 radical (unpaired) electrons. The molecule has 19 heavy (non-hydrogen) atoms. The highest BCUT2D eigenvalue weighted by Gasteiger charge is 2.36. The van der Waals surface area contributed by atoms with E-state index in [1.165, 1.54) is 5.80 Å². The summed E-state index contributed by atoms with van der Waals surface area (Å²) in [5.74, 6) is 0.818. The Morgan fingerprint density at radius 2 is 2.05 bits per heavy atom. The number of esters is 1. The van der Waals surface area contributed by atoms with Gasteiger partial charge in [-0.3, -0.25) is 0 Å². The van der Waals surface area contributed by atoms with Crippen molar-refractivity contribution >= 4 is 19.3 Å². The third-order valence-electron chi connectivity index (χ3n) is 2.47. The van der Waals surface area contributed by atoms with Gasteiger partial charge in [-0.1, -0.05) is 19.9 Å². The SMILES string of the molecule is C=CC(C)OP1(=CC(=O)OCC)OCC(C)(C)CO1. The molecule has 1 aliphatic rings. The molecule has 0 spiro atoms. The van der Waals surface area contributed by atoms with E-state index in [2.05, 4.69) is 6.58 Å². The van der Waals surface area contributed by atoms with Gasteiger partial charge in [0.2, 0.25) is 0 Å². The fourth-order valence-electron chi connectivity index (χ4n) is 1.36. The molecule has 6 heteroatoms. The standard InChI is InChI=1S/C13H23O5P/c1-6-11(3)18-19(8-12(14)15-7-2)16-9-13(4,5)10-17-19/h6,8,11H,1,7,9-10H2,2-5H3. The molecule has 1 unspecified atom stereocenters. The first-order chi connectivity index (χ1) is 8.82. The number of hydrogen-bond donors (Lipinski definition) is 0. The van der Waals surface area contributed by atoms with Gasteiger partial charge in [0.15, 0.2) is 0 Å². The van der Waals surface area contributed by atoms with E-state index >= 15 is 0 Å². The first kappa shape index (κ1) is 16.4. The smallest absolute Gasteiger partial charge is 0.337 e. The van der Waals surface area contributed by atoms with Crippen molar-refractivity contribution in [1.82, 2.24) is 0 Å². The van der Waals surface area contributed by atoms with Crippen LogP contribution < -0.4 is 0 Å². The molecular weight excluding hydrogens is 267 g/mol. The van der Waals surface area contributed by atoms with Gasteiger partial charge in [0.05, 0.1) is 31.7 Å². The minimum Gasteiger partial charge on any atom is -0.463 e. The lowest BCUT2D eigenvalue weighted by molar-refractivity contribution is -0.134. The van der Waals surface area contributed by atoms with Crippen molar-refractivity contribution in [3.05, 3.63) is 12.7 Å². The number of carbonyl (C=O) groups excluding carboxylic acids is 1. The van der Waals surface area contributed by atoms with Crippen LogP contribution in [0.1, 0.15) is 27.7 Å². The molecule has 1 atom stereocenters. The second-order valence-corrected chi connectivity index (χ2v) is 7.24. The van der Waals surface area contributed by atoms with Crippen LogP contribution in [0.25, 0.3) is 0 Å². The Bertz CT molecular complexity index is 374. The molecule has 0 N–H and O–H groups in total. The Morgan fingerprint density at radius 3 is 2.53 bits per heavy atom. The van der Waals surface area contributed by atoms with Gasteiger partial charge in [-0.2, -0.15) is 0 Å². The summed E-state index contributed by atoms with van der Waals surface area (Å²) in [4.78, 5) is 11.6. The highest BCUT2D eigenvalue weighted by Crippen LogP contribution is 2.56. The molecule has 0 bridgehead atoms. The maximum atomic E-state index is 11.6. The van der Waals surface area contributed by atoms with Gasteiger partial charge >= 0.3 is 5.97 Å². The first-order valence-electron chi connectivity index (χ1n) is 6.34. The van der Waals surface area contributed by atoms with Gasteiger partial charge in [-0.05, 0) is 13.8 Å². The van der Waals surface area contributed by atoms with Crippen LogP contribution in [0.3, 0.4) is 0 Å². The van der Waals surface area contributed by atoms with E-state index in [0.29, 0.717) is 19.8 Å². The largest absolute Gasteiger partial charge is 0.463 e. The van der Waals surface area contributed by atoms with Crippen molar-refractivity contribution < 1.29 is 23.1 Å². The molecule has 1 rings (SSSR count). The molecule has 5 nitrogen and oxygen atoms in total. The quantitative estimate of drug-likeness (QED) is 0.443.